The van der Waals surface area contributed by atoms with Gasteiger partial charge in [0.2, 0.25) is 0 Å². The van der Waals surface area contributed by atoms with Crippen LogP contribution in [0.4, 0.5) is 0 Å². The second kappa shape index (κ2) is 4.78. The Bertz CT molecular complexity index is 307. The molecule has 0 radical (unpaired) electrons. The first-order chi connectivity index (χ1) is 8.95. The van der Waals surface area contributed by atoms with Gasteiger partial charge in [-0.3, -0.25) is 0 Å². The summed E-state index contributed by atoms with van der Waals surface area (Å²) in [7, 11) is 0. The molecule has 0 aromatic carbocycles. The van der Waals surface area contributed by atoms with Gasteiger partial charge in [-0.05, 0) is 73.5 Å². The second-order valence-electron chi connectivity index (χ2n) is 9.35. The normalized spacial score (nSPS) is 43.4. The summed E-state index contributed by atoms with van der Waals surface area (Å²) in [4.78, 5) is 0. The van der Waals surface area contributed by atoms with Gasteiger partial charge < -0.3 is 0 Å². The molecule has 3 aliphatic carbocycles. The van der Waals surface area contributed by atoms with Gasteiger partial charge in [-0.1, -0.05) is 46.5 Å². The Balaban J connectivity index is 1.79. The number of hydrogen-bond acceptors (Lipinski definition) is 0. The van der Waals surface area contributed by atoms with Crippen molar-refractivity contribution in [3.8, 4) is 0 Å². The third-order valence-corrected chi connectivity index (χ3v) is 6.86. The highest BCUT2D eigenvalue weighted by molar-refractivity contribution is 5.06. The Morgan fingerprint density at radius 3 is 1.84 bits per heavy atom. The number of rotatable bonds is 1. The third kappa shape index (κ3) is 2.49. The zero-order valence-corrected chi connectivity index (χ0v) is 13.6. The maximum Gasteiger partial charge on any atom is -0.0238 e. The standard InChI is InChI=1S/C19H34/c1-17(2,3)14-16-8-13-18-9-4-6-11-19(18,15-16)12-7-5-10-18/h16H,4-15H2,1-3H3. The van der Waals surface area contributed by atoms with Crippen LogP contribution in [0.15, 0.2) is 0 Å². The molecule has 3 saturated carbocycles. The minimum absolute atomic E-state index is 0.532. The molecule has 3 fully saturated rings. The summed E-state index contributed by atoms with van der Waals surface area (Å²) in [5.74, 6) is 1.03. The lowest BCUT2D eigenvalue weighted by atomic mass is 9.43. The molecule has 0 saturated heterocycles. The van der Waals surface area contributed by atoms with E-state index in [2.05, 4.69) is 20.8 Å². The third-order valence-electron chi connectivity index (χ3n) is 6.86. The molecular weight excluding hydrogens is 228 g/mol. The fourth-order valence-corrected chi connectivity index (χ4v) is 6.28. The molecule has 0 aliphatic heterocycles. The summed E-state index contributed by atoms with van der Waals surface area (Å²) in [6.45, 7) is 7.32. The lowest BCUT2D eigenvalue weighted by molar-refractivity contribution is -0.111. The molecule has 0 bridgehead atoms. The predicted octanol–water partition coefficient (Wildman–Crippen LogP) is 6.34. The van der Waals surface area contributed by atoms with Crippen LogP contribution in [0, 0.1) is 22.2 Å². The fraction of sp³-hybridized carbons (Fsp3) is 1.00. The van der Waals surface area contributed by atoms with Gasteiger partial charge in [0, 0.05) is 0 Å². The molecule has 3 rings (SSSR count). The zero-order valence-electron chi connectivity index (χ0n) is 13.6. The van der Waals surface area contributed by atoms with Crippen LogP contribution in [0.5, 0.6) is 0 Å². The summed E-state index contributed by atoms with van der Waals surface area (Å²) in [6, 6.07) is 0. The van der Waals surface area contributed by atoms with E-state index < -0.39 is 0 Å². The molecule has 0 N–H and O–H groups in total. The average molecular weight is 262 g/mol. The van der Waals surface area contributed by atoms with E-state index in [0.717, 1.165) is 16.7 Å². The highest BCUT2D eigenvalue weighted by Crippen LogP contribution is 2.67. The Hall–Kier alpha value is 0. The first kappa shape index (κ1) is 14.0. The van der Waals surface area contributed by atoms with Crippen molar-refractivity contribution in [2.24, 2.45) is 22.2 Å². The van der Waals surface area contributed by atoms with Crippen LogP contribution in [-0.4, -0.2) is 0 Å². The van der Waals surface area contributed by atoms with E-state index in [1.165, 1.54) is 32.1 Å². The van der Waals surface area contributed by atoms with E-state index in [9.17, 15) is 0 Å². The molecule has 0 nitrogen and oxygen atoms in total. The SMILES string of the molecule is CC(C)(C)CC1CCC23CCCCC2(CCCC3)C1. The molecule has 110 valence electrons. The van der Waals surface area contributed by atoms with Crippen molar-refractivity contribution in [2.75, 3.05) is 0 Å². The van der Waals surface area contributed by atoms with Crippen molar-refractivity contribution < 1.29 is 0 Å². The van der Waals surface area contributed by atoms with Crippen molar-refractivity contribution in [3.63, 3.8) is 0 Å². The zero-order chi connectivity index (χ0) is 13.6. The van der Waals surface area contributed by atoms with Crippen molar-refractivity contribution >= 4 is 0 Å². The van der Waals surface area contributed by atoms with Gasteiger partial charge in [-0.25, -0.2) is 0 Å². The highest BCUT2D eigenvalue weighted by Gasteiger charge is 2.55. The van der Waals surface area contributed by atoms with Crippen LogP contribution >= 0.6 is 0 Å². The van der Waals surface area contributed by atoms with Gasteiger partial charge in [-0.15, -0.1) is 0 Å². The highest BCUT2D eigenvalue weighted by atomic mass is 14.6. The summed E-state index contributed by atoms with van der Waals surface area (Å²) < 4.78 is 0. The summed E-state index contributed by atoms with van der Waals surface area (Å²) in [6.07, 6.45) is 18.6. The smallest absolute Gasteiger partial charge is 0.0238 e. The largest absolute Gasteiger partial charge is 0.0602 e. The molecular formula is C19H34. The number of hydrogen-bond donors (Lipinski definition) is 0. The maximum atomic E-state index is 2.44. The predicted molar refractivity (Wildman–Crippen MR) is 83.2 cm³/mol. The van der Waals surface area contributed by atoms with E-state index in [4.69, 9.17) is 0 Å². The monoisotopic (exact) mass is 262 g/mol. The van der Waals surface area contributed by atoms with E-state index in [1.54, 1.807) is 44.9 Å². The molecule has 0 aromatic rings. The van der Waals surface area contributed by atoms with Crippen molar-refractivity contribution in [1.29, 1.82) is 0 Å². The van der Waals surface area contributed by atoms with Gasteiger partial charge in [0.15, 0.2) is 0 Å². The van der Waals surface area contributed by atoms with Crippen LogP contribution in [-0.2, 0) is 0 Å². The minimum atomic E-state index is 0.532. The molecule has 0 aromatic heterocycles. The van der Waals surface area contributed by atoms with Gasteiger partial charge >= 0.3 is 0 Å². The van der Waals surface area contributed by atoms with E-state index in [-0.39, 0.29) is 0 Å². The van der Waals surface area contributed by atoms with E-state index in [0.29, 0.717) is 5.41 Å². The van der Waals surface area contributed by atoms with Crippen molar-refractivity contribution in [1.82, 2.24) is 0 Å². The Labute approximate surface area is 120 Å². The first-order valence-electron chi connectivity index (χ1n) is 8.95. The Morgan fingerprint density at radius 1 is 0.789 bits per heavy atom. The van der Waals surface area contributed by atoms with Crippen LogP contribution in [0.2, 0.25) is 0 Å². The molecule has 1 atom stereocenters. The van der Waals surface area contributed by atoms with Crippen LogP contribution in [0.25, 0.3) is 0 Å². The van der Waals surface area contributed by atoms with Crippen LogP contribution in [0.1, 0.15) is 97.8 Å². The van der Waals surface area contributed by atoms with Crippen molar-refractivity contribution in [2.45, 2.75) is 97.8 Å². The quantitative estimate of drug-likeness (QED) is 0.517. The molecule has 0 amide bonds. The lowest BCUT2D eigenvalue weighted by Crippen LogP contribution is -2.51. The summed E-state index contributed by atoms with van der Waals surface area (Å²) >= 11 is 0. The molecule has 19 heavy (non-hydrogen) atoms. The fourth-order valence-electron chi connectivity index (χ4n) is 6.28. The average Bonchev–Trinajstić information content (AvgIpc) is 2.35. The van der Waals surface area contributed by atoms with Gasteiger partial charge in [0.25, 0.3) is 0 Å². The van der Waals surface area contributed by atoms with Crippen LogP contribution < -0.4 is 0 Å². The Kier molecular flexibility index (Phi) is 3.51. The molecule has 0 heteroatoms. The topological polar surface area (TPSA) is 0 Å². The van der Waals surface area contributed by atoms with Crippen LogP contribution in [0.3, 0.4) is 0 Å². The van der Waals surface area contributed by atoms with Gasteiger partial charge in [0.05, 0.1) is 0 Å². The maximum absolute atomic E-state index is 2.44. The first-order valence-corrected chi connectivity index (χ1v) is 8.95. The van der Waals surface area contributed by atoms with Crippen molar-refractivity contribution in [3.05, 3.63) is 0 Å². The Morgan fingerprint density at radius 2 is 1.32 bits per heavy atom. The van der Waals surface area contributed by atoms with E-state index >= 15 is 0 Å². The second-order valence-corrected chi connectivity index (χ2v) is 9.35. The lowest BCUT2D eigenvalue weighted by Gasteiger charge is -2.62. The summed E-state index contributed by atoms with van der Waals surface area (Å²) in [5, 5.41) is 0. The van der Waals surface area contributed by atoms with E-state index in [1.807, 2.05) is 0 Å². The minimum Gasteiger partial charge on any atom is -0.0602 e. The van der Waals surface area contributed by atoms with Gasteiger partial charge in [0.1, 0.15) is 0 Å². The molecule has 1 unspecified atom stereocenters. The molecule has 3 aliphatic rings. The van der Waals surface area contributed by atoms with Gasteiger partial charge in [-0.2, -0.15) is 0 Å². The summed E-state index contributed by atoms with van der Waals surface area (Å²) in [5.41, 5.74) is 2.13. The molecule has 0 spiro atoms. The molecule has 0 heterocycles.